The Morgan fingerprint density at radius 3 is 2.86 bits per heavy atom. The normalized spacial score (nSPS) is 22.4. The van der Waals surface area contributed by atoms with E-state index in [1.54, 1.807) is 24.3 Å². The van der Waals surface area contributed by atoms with Crippen molar-refractivity contribution in [1.29, 1.82) is 0 Å². The van der Waals surface area contributed by atoms with Crippen LogP contribution in [0.3, 0.4) is 0 Å². The van der Waals surface area contributed by atoms with E-state index < -0.39 is 10.0 Å². The van der Waals surface area contributed by atoms with E-state index in [0.717, 1.165) is 19.4 Å². The van der Waals surface area contributed by atoms with Gasteiger partial charge in [0.15, 0.2) is 0 Å². The van der Waals surface area contributed by atoms with E-state index >= 15 is 0 Å². The van der Waals surface area contributed by atoms with Crippen molar-refractivity contribution in [2.24, 2.45) is 0 Å². The van der Waals surface area contributed by atoms with E-state index in [1.807, 2.05) is 13.8 Å². The van der Waals surface area contributed by atoms with Crippen LogP contribution in [-0.4, -0.2) is 33.7 Å². The van der Waals surface area contributed by atoms with Gasteiger partial charge in [-0.1, -0.05) is 6.07 Å². The van der Waals surface area contributed by atoms with Gasteiger partial charge in [-0.15, -0.1) is 12.4 Å². The summed E-state index contributed by atoms with van der Waals surface area (Å²) in [5.41, 5.74) is 0. The van der Waals surface area contributed by atoms with Crippen LogP contribution < -0.4 is 14.8 Å². The van der Waals surface area contributed by atoms with Crippen LogP contribution >= 0.6 is 12.4 Å². The molecule has 1 aliphatic rings. The van der Waals surface area contributed by atoms with Gasteiger partial charge in [-0.3, -0.25) is 0 Å². The monoisotopic (exact) mass is 334 g/mol. The number of piperidine rings is 1. The van der Waals surface area contributed by atoms with Crippen LogP contribution in [0.4, 0.5) is 0 Å². The van der Waals surface area contributed by atoms with E-state index in [2.05, 4.69) is 10.0 Å². The first-order chi connectivity index (χ1) is 9.53. The Morgan fingerprint density at radius 2 is 2.19 bits per heavy atom. The lowest BCUT2D eigenvalue weighted by Gasteiger charge is -2.30. The van der Waals surface area contributed by atoms with Crippen LogP contribution in [0.15, 0.2) is 29.2 Å². The van der Waals surface area contributed by atoms with Gasteiger partial charge < -0.3 is 10.1 Å². The lowest BCUT2D eigenvalue weighted by atomic mass is 10.0. The summed E-state index contributed by atoms with van der Waals surface area (Å²) in [4.78, 5) is 0.251. The maximum atomic E-state index is 12.4. The van der Waals surface area contributed by atoms with Gasteiger partial charge in [0.05, 0.1) is 11.5 Å². The quantitative estimate of drug-likeness (QED) is 0.863. The van der Waals surface area contributed by atoms with Crippen molar-refractivity contribution in [3.8, 4) is 5.75 Å². The zero-order chi connectivity index (χ0) is 14.6. The van der Waals surface area contributed by atoms with Crippen molar-refractivity contribution in [3.63, 3.8) is 0 Å². The number of hydrogen-bond acceptors (Lipinski definition) is 4. The first kappa shape index (κ1) is 18.2. The molecule has 120 valence electrons. The van der Waals surface area contributed by atoms with Crippen LogP contribution in [0.2, 0.25) is 0 Å². The van der Waals surface area contributed by atoms with Crippen LogP contribution in [0.25, 0.3) is 0 Å². The minimum atomic E-state index is -3.50. The third-order valence-corrected chi connectivity index (χ3v) is 4.98. The number of benzene rings is 1. The molecule has 1 aliphatic heterocycles. The van der Waals surface area contributed by atoms with Crippen LogP contribution in [0.5, 0.6) is 5.75 Å². The Labute approximate surface area is 132 Å². The first-order valence-electron chi connectivity index (χ1n) is 7.01. The predicted molar refractivity (Wildman–Crippen MR) is 85.7 cm³/mol. The van der Waals surface area contributed by atoms with Gasteiger partial charge in [0, 0.05) is 18.2 Å². The van der Waals surface area contributed by atoms with E-state index in [-0.39, 0.29) is 29.4 Å². The highest BCUT2D eigenvalue weighted by molar-refractivity contribution is 7.89. The molecule has 0 radical (unpaired) electrons. The summed E-state index contributed by atoms with van der Waals surface area (Å²) < 4.78 is 32.9. The van der Waals surface area contributed by atoms with E-state index in [9.17, 15) is 8.42 Å². The van der Waals surface area contributed by atoms with Crippen molar-refractivity contribution in [1.82, 2.24) is 10.0 Å². The summed E-state index contributed by atoms with van der Waals surface area (Å²) in [5, 5.41) is 3.29. The summed E-state index contributed by atoms with van der Waals surface area (Å²) >= 11 is 0. The fourth-order valence-electron chi connectivity index (χ4n) is 2.37. The summed E-state index contributed by atoms with van der Waals surface area (Å²) in [7, 11) is -3.50. The fourth-order valence-corrected chi connectivity index (χ4v) is 3.76. The van der Waals surface area contributed by atoms with Gasteiger partial charge in [0.1, 0.15) is 5.75 Å². The Kier molecular flexibility index (Phi) is 6.93. The maximum absolute atomic E-state index is 12.4. The summed E-state index contributed by atoms with van der Waals surface area (Å²) in [6.45, 7) is 5.33. The van der Waals surface area contributed by atoms with Crippen LogP contribution in [0, 0.1) is 0 Å². The van der Waals surface area contributed by atoms with Crippen molar-refractivity contribution in [2.45, 2.75) is 43.7 Å². The lowest BCUT2D eigenvalue weighted by molar-refractivity contribution is 0.338. The predicted octanol–water partition coefficient (Wildman–Crippen LogP) is 1.93. The smallest absolute Gasteiger partial charge is 0.241 e. The molecule has 0 amide bonds. The largest absolute Gasteiger partial charge is 0.494 e. The van der Waals surface area contributed by atoms with Crippen LogP contribution in [0.1, 0.15) is 26.7 Å². The fraction of sp³-hybridized carbons (Fsp3) is 0.571. The highest BCUT2D eigenvalue weighted by atomic mass is 35.5. The third-order valence-electron chi connectivity index (χ3n) is 3.50. The maximum Gasteiger partial charge on any atom is 0.241 e. The highest BCUT2D eigenvalue weighted by Crippen LogP contribution is 2.19. The van der Waals surface area contributed by atoms with Crippen molar-refractivity contribution >= 4 is 22.4 Å². The second-order valence-corrected chi connectivity index (χ2v) is 6.73. The van der Waals surface area contributed by atoms with Gasteiger partial charge >= 0.3 is 0 Å². The highest BCUT2D eigenvalue weighted by Gasteiger charge is 2.26. The third kappa shape index (κ3) is 4.85. The molecule has 2 atom stereocenters. The number of nitrogens with one attached hydrogen (secondary N) is 2. The summed E-state index contributed by atoms with van der Waals surface area (Å²) in [6, 6.07) is 6.69. The Balaban J connectivity index is 0.00000220. The number of ether oxygens (including phenoxy) is 1. The van der Waals surface area contributed by atoms with Gasteiger partial charge in [0.25, 0.3) is 0 Å². The molecule has 2 rings (SSSR count). The van der Waals surface area contributed by atoms with Crippen LogP contribution in [-0.2, 0) is 10.0 Å². The molecule has 0 aromatic heterocycles. The molecule has 2 N–H and O–H groups in total. The minimum Gasteiger partial charge on any atom is -0.494 e. The molecular weight excluding hydrogens is 312 g/mol. The molecule has 1 heterocycles. The molecule has 1 saturated heterocycles. The average molecular weight is 335 g/mol. The second kappa shape index (κ2) is 7.98. The molecule has 0 bridgehead atoms. The summed E-state index contributed by atoms with van der Waals surface area (Å²) in [5.74, 6) is 0.574. The lowest BCUT2D eigenvalue weighted by Crippen LogP contribution is -2.51. The van der Waals surface area contributed by atoms with E-state index in [0.29, 0.717) is 12.4 Å². The van der Waals surface area contributed by atoms with Gasteiger partial charge in [-0.05, 0) is 45.4 Å². The van der Waals surface area contributed by atoms with E-state index in [1.165, 1.54) is 0 Å². The standard InChI is InChI=1S/C14H22N2O3S.ClH/c1-3-19-12-6-4-7-13(10-12)20(17,18)16-14-8-5-9-15-11(14)2;/h4,6-7,10-11,14-16H,3,5,8-9H2,1-2H3;1H. The Bertz CT molecular complexity index is 551. The first-order valence-corrected chi connectivity index (χ1v) is 8.50. The Morgan fingerprint density at radius 1 is 1.43 bits per heavy atom. The molecule has 5 nitrogen and oxygen atoms in total. The molecule has 1 aromatic carbocycles. The number of hydrogen-bond donors (Lipinski definition) is 2. The molecular formula is C14H23ClN2O3S. The van der Waals surface area contributed by atoms with Gasteiger partial charge in [0.2, 0.25) is 10.0 Å². The second-order valence-electron chi connectivity index (χ2n) is 5.02. The number of sulfonamides is 1. The topological polar surface area (TPSA) is 67.4 Å². The molecule has 21 heavy (non-hydrogen) atoms. The number of rotatable bonds is 5. The summed E-state index contributed by atoms with van der Waals surface area (Å²) in [6.07, 6.45) is 1.84. The van der Waals surface area contributed by atoms with Crippen molar-refractivity contribution in [2.75, 3.05) is 13.2 Å². The molecule has 1 fully saturated rings. The van der Waals surface area contributed by atoms with E-state index in [4.69, 9.17) is 4.74 Å². The van der Waals surface area contributed by atoms with Gasteiger partial charge in [-0.2, -0.15) is 0 Å². The Hall–Kier alpha value is -0.820. The molecule has 0 aliphatic carbocycles. The average Bonchev–Trinajstić information content (AvgIpc) is 2.42. The van der Waals surface area contributed by atoms with Crippen molar-refractivity contribution < 1.29 is 13.2 Å². The molecule has 1 aromatic rings. The molecule has 2 unspecified atom stereocenters. The molecule has 7 heteroatoms. The minimum absolute atomic E-state index is 0. The zero-order valence-electron chi connectivity index (χ0n) is 12.3. The number of halogens is 1. The molecule has 0 saturated carbocycles. The SMILES string of the molecule is CCOc1cccc(S(=O)(=O)NC2CCCNC2C)c1.Cl. The van der Waals surface area contributed by atoms with Gasteiger partial charge in [-0.25, -0.2) is 13.1 Å². The molecule has 0 spiro atoms. The van der Waals surface area contributed by atoms with Crippen molar-refractivity contribution in [3.05, 3.63) is 24.3 Å². The zero-order valence-corrected chi connectivity index (χ0v) is 14.0.